The van der Waals surface area contributed by atoms with Crippen molar-refractivity contribution in [1.29, 1.82) is 0 Å². The molecule has 0 saturated carbocycles. The van der Waals surface area contributed by atoms with Crippen molar-refractivity contribution < 1.29 is 19.1 Å². The molecule has 0 aliphatic heterocycles. The second kappa shape index (κ2) is 12.3. The minimum atomic E-state index is -0.455. The summed E-state index contributed by atoms with van der Waals surface area (Å²) < 4.78 is 5.14. The highest BCUT2D eigenvalue weighted by Crippen LogP contribution is 2.18. The topological polar surface area (TPSA) is 96.5 Å². The van der Waals surface area contributed by atoms with Crippen LogP contribution in [0.25, 0.3) is 10.8 Å². The van der Waals surface area contributed by atoms with Gasteiger partial charge < -0.3 is 10.1 Å². The van der Waals surface area contributed by atoms with Crippen molar-refractivity contribution in [2.24, 2.45) is 0 Å². The van der Waals surface area contributed by atoms with Crippen LogP contribution in [0.15, 0.2) is 72.8 Å². The molecule has 7 nitrogen and oxygen atoms in total. The van der Waals surface area contributed by atoms with Gasteiger partial charge in [-0.1, -0.05) is 72.8 Å². The standard InChI is InChI=1S/C25H25N3O4S/c29-22(13-14-24(31)32-16-15-18-7-2-1-3-8-18)26-25(33)28-27-23(30)17-20-11-6-10-19-9-4-5-12-21(19)20/h1-12H,13-17H2,(H,27,30)(H2,26,28,29,33). The van der Waals surface area contributed by atoms with Crippen LogP contribution in [0.2, 0.25) is 0 Å². The van der Waals surface area contributed by atoms with E-state index in [1.54, 1.807) is 0 Å². The molecule has 0 bridgehead atoms. The van der Waals surface area contributed by atoms with Crippen molar-refractivity contribution in [3.05, 3.63) is 83.9 Å². The number of amides is 2. The van der Waals surface area contributed by atoms with Crippen LogP contribution >= 0.6 is 12.2 Å². The fraction of sp³-hybridized carbons (Fsp3) is 0.200. The molecule has 8 heteroatoms. The Morgan fingerprint density at radius 2 is 1.52 bits per heavy atom. The fourth-order valence-electron chi connectivity index (χ4n) is 3.23. The molecule has 0 saturated heterocycles. The Bertz CT molecular complexity index is 1130. The molecular weight excluding hydrogens is 438 g/mol. The lowest BCUT2D eigenvalue weighted by molar-refractivity contribution is -0.144. The molecule has 0 fully saturated rings. The SMILES string of the molecule is O=C(Cc1cccc2ccccc12)NNC(=S)NC(=O)CCC(=O)OCCc1ccccc1. The van der Waals surface area contributed by atoms with Gasteiger partial charge in [-0.2, -0.15) is 0 Å². The number of fused-ring (bicyclic) bond motifs is 1. The maximum absolute atomic E-state index is 12.3. The lowest BCUT2D eigenvalue weighted by atomic mass is 10.0. The van der Waals surface area contributed by atoms with Crippen LogP contribution in [0.1, 0.15) is 24.0 Å². The zero-order valence-electron chi connectivity index (χ0n) is 18.0. The Kier molecular flexibility index (Phi) is 8.90. The number of carbonyl (C=O) groups excluding carboxylic acids is 3. The van der Waals surface area contributed by atoms with E-state index >= 15 is 0 Å². The van der Waals surface area contributed by atoms with Gasteiger partial charge in [-0.25, -0.2) is 0 Å². The van der Waals surface area contributed by atoms with Crippen LogP contribution in [0, 0.1) is 0 Å². The predicted octanol–water partition coefficient (Wildman–Crippen LogP) is 2.97. The van der Waals surface area contributed by atoms with Gasteiger partial charge in [0.05, 0.1) is 19.4 Å². The zero-order valence-corrected chi connectivity index (χ0v) is 18.8. The number of benzene rings is 3. The van der Waals surface area contributed by atoms with Crippen LogP contribution in [-0.2, 0) is 32.0 Å². The molecule has 3 aromatic rings. The number of thiocarbonyl (C=S) groups is 1. The molecule has 0 atom stereocenters. The molecule has 0 aliphatic carbocycles. The van der Waals surface area contributed by atoms with E-state index in [4.69, 9.17) is 17.0 Å². The quantitative estimate of drug-likeness (QED) is 0.270. The van der Waals surface area contributed by atoms with Crippen molar-refractivity contribution in [3.63, 3.8) is 0 Å². The molecule has 3 rings (SSSR count). The number of rotatable bonds is 8. The molecule has 33 heavy (non-hydrogen) atoms. The van der Waals surface area contributed by atoms with E-state index in [0.29, 0.717) is 6.42 Å². The fourth-order valence-corrected chi connectivity index (χ4v) is 3.39. The Morgan fingerprint density at radius 3 is 2.33 bits per heavy atom. The third-order valence-corrected chi connectivity index (χ3v) is 5.06. The van der Waals surface area contributed by atoms with Crippen molar-refractivity contribution in [2.45, 2.75) is 25.7 Å². The summed E-state index contributed by atoms with van der Waals surface area (Å²) in [4.78, 5) is 36.0. The van der Waals surface area contributed by atoms with E-state index in [1.807, 2.05) is 72.8 Å². The summed E-state index contributed by atoms with van der Waals surface area (Å²) in [5.74, 6) is -1.20. The molecule has 0 unspecified atom stereocenters. The van der Waals surface area contributed by atoms with E-state index in [9.17, 15) is 14.4 Å². The Hall–Kier alpha value is -3.78. The van der Waals surface area contributed by atoms with Gasteiger partial charge in [-0.15, -0.1) is 0 Å². The van der Waals surface area contributed by atoms with Gasteiger partial charge in [0.1, 0.15) is 0 Å². The third kappa shape index (κ3) is 8.01. The molecule has 0 aliphatic rings. The van der Waals surface area contributed by atoms with Gasteiger partial charge >= 0.3 is 5.97 Å². The summed E-state index contributed by atoms with van der Waals surface area (Å²) in [6.45, 7) is 0.257. The summed E-state index contributed by atoms with van der Waals surface area (Å²) in [5.41, 5.74) is 6.93. The average molecular weight is 464 g/mol. The van der Waals surface area contributed by atoms with Gasteiger partial charge in [0, 0.05) is 12.8 Å². The molecule has 3 N–H and O–H groups in total. The number of hydrogen-bond acceptors (Lipinski definition) is 5. The van der Waals surface area contributed by atoms with Crippen molar-refractivity contribution >= 4 is 45.9 Å². The molecule has 3 aromatic carbocycles. The Balaban J connectivity index is 1.32. The highest BCUT2D eigenvalue weighted by atomic mass is 32.1. The van der Waals surface area contributed by atoms with Crippen LogP contribution in [-0.4, -0.2) is 29.5 Å². The second-order valence-corrected chi connectivity index (χ2v) is 7.73. The van der Waals surface area contributed by atoms with Crippen LogP contribution in [0.5, 0.6) is 0 Å². The van der Waals surface area contributed by atoms with E-state index < -0.39 is 11.9 Å². The van der Waals surface area contributed by atoms with Crippen molar-refractivity contribution in [2.75, 3.05) is 6.61 Å². The lowest BCUT2D eigenvalue weighted by Gasteiger charge is -2.11. The first-order valence-corrected chi connectivity index (χ1v) is 11.0. The normalized spacial score (nSPS) is 10.3. The summed E-state index contributed by atoms with van der Waals surface area (Å²) in [7, 11) is 0. The maximum Gasteiger partial charge on any atom is 0.306 e. The number of carbonyl (C=O) groups is 3. The predicted molar refractivity (Wildman–Crippen MR) is 130 cm³/mol. The molecule has 0 spiro atoms. The summed E-state index contributed by atoms with van der Waals surface area (Å²) in [6.07, 6.45) is 0.637. The molecule has 0 radical (unpaired) electrons. The monoisotopic (exact) mass is 463 g/mol. The van der Waals surface area contributed by atoms with E-state index in [0.717, 1.165) is 21.9 Å². The molecule has 0 aromatic heterocycles. The van der Waals surface area contributed by atoms with E-state index in [-0.39, 0.29) is 36.9 Å². The first-order valence-electron chi connectivity index (χ1n) is 10.6. The minimum Gasteiger partial charge on any atom is -0.465 e. The Labute approximate surface area is 197 Å². The first-order chi connectivity index (χ1) is 16.0. The van der Waals surface area contributed by atoms with Crippen LogP contribution in [0.4, 0.5) is 0 Å². The highest BCUT2D eigenvalue weighted by molar-refractivity contribution is 7.80. The van der Waals surface area contributed by atoms with Gasteiger partial charge in [0.25, 0.3) is 0 Å². The lowest BCUT2D eigenvalue weighted by Crippen LogP contribution is -2.48. The highest BCUT2D eigenvalue weighted by Gasteiger charge is 2.11. The van der Waals surface area contributed by atoms with Gasteiger partial charge in [0.15, 0.2) is 5.11 Å². The van der Waals surface area contributed by atoms with Crippen molar-refractivity contribution in [3.8, 4) is 0 Å². The van der Waals surface area contributed by atoms with Crippen LogP contribution in [0.3, 0.4) is 0 Å². The number of nitrogens with one attached hydrogen (secondary N) is 3. The number of esters is 1. The van der Waals surface area contributed by atoms with Gasteiger partial charge in [0.2, 0.25) is 11.8 Å². The summed E-state index contributed by atoms with van der Waals surface area (Å²) in [6, 6.07) is 23.3. The maximum atomic E-state index is 12.3. The summed E-state index contributed by atoms with van der Waals surface area (Å²) >= 11 is 5.02. The van der Waals surface area contributed by atoms with E-state index in [2.05, 4.69) is 16.2 Å². The zero-order chi connectivity index (χ0) is 23.5. The van der Waals surface area contributed by atoms with E-state index in [1.165, 1.54) is 0 Å². The molecule has 2 amide bonds. The second-order valence-electron chi connectivity index (χ2n) is 7.32. The first kappa shape index (κ1) is 23.9. The largest absolute Gasteiger partial charge is 0.465 e. The number of hydrogen-bond donors (Lipinski definition) is 3. The average Bonchev–Trinajstić information content (AvgIpc) is 2.82. The molecule has 170 valence electrons. The smallest absolute Gasteiger partial charge is 0.306 e. The summed E-state index contributed by atoms with van der Waals surface area (Å²) in [5, 5.41) is 4.43. The molecular formula is C25H25N3O4S. The molecule has 0 heterocycles. The van der Waals surface area contributed by atoms with Gasteiger partial charge in [-0.3, -0.25) is 25.2 Å². The van der Waals surface area contributed by atoms with Crippen LogP contribution < -0.4 is 16.2 Å². The number of hydrazine groups is 1. The van der Waals surface area contributed by atoms with Gasteiger partial charge in [-0.05, 0) is 34.1 Å². The minimum absolute atomic E-state index is 0.0521. The van der Waals surface area contributed by atoms with Crippen molar-refractivity contribution in [1.82, 2.24) is 16.2 Å². The Morgan fingerprint density at radius 1 is 0.788 bits per heavy atom. The number of ether oxygens (including phenoxy) is 1. The third-order valence-electron chi connectivity index (χ3n) is 4.85.